The zero-order valence-electron chi connectivity index (χ0n) is 12.4. The van der Waals surface area contributed by atoms with Gasteiger partial charge in [0, 0.05) is 17.7 Å². The second-order valence-corrected chi connectivity index (χ2v) is 7.23. The van der Waals surface area contributed by atoms with Gasteiger partial charge in [-0.15, -0.1) is 0 Å². The number of halogens is 2. The molecule has 20 heavy (non-hydrogen) atoms. The SMILES string of the molecule is COc1cc(F)c(Br)cc1C(N)C1CCCCC1(C)C. The average molecular weight is 344 g/mol. The Bertz CT molecular complexity index is 490. The molecule has 2 N–H and O–H groups in total. The van der Waals surface area contributed by atoms with E-state index < -0.39 is 0 Å². The van der Waals surface area contributed by atoms with Gasteiger partial charge >= 0.3 is 0 Å². The molecule has 0 aromatic heterocycles. The van der Waals surface area contributed by atoms with Crippen LogP contribution in [0, 0.1) is 17.2 Å². The predicted octanol–water partition coefficient (Wildman–Crippen LogP) is 4.81. The predicted molar refractivity (Wildman–Crippen MR) is 83.3 cm³/mol. The van der Waals surface area contributed by atoms with Crippen molar-refractivity contribution in [1.29, 1.82) is 0 Å². The van der Waals surface area contributed by atoms with Crippen LogP contribution >= 0.6 is 15.9 Å². The van der Waals surface area contributed by atoms with Crippen LogP contribution in [0.3, 0.4) is 0 Å². The monoisotopic (exact) mass is 343 g/mol. The fourth-order valence-electron chi connectivity index (χ4n) is 3.38. The average Bonchev–Trinajstić information content (AvgIpc) is 2.40. The molecule has 0 saturated heterocycles. The van der Waals surface area contributed by atoms with Crippen molar-refractivity contribution in [2.45, 2.75) is 45.6 Å². The molecule has 1 aliphatic rings. The van der Waals surface area contributed by atoms with Crippen LogP contribution in [0.15, 0.2) is 16.6 Å². The Labute approximate surface area is 129 Å². The van der Waals surface area contributed by atoms with Crippen molar-refractivity contribution in [3.05, 3.63) is 28.0 Å². The van der Waals surface area contributed by atoms with Crippen LogP contribution in [0.2, 0.25) is 0 Å². The van der Waals surface area contributed by atoms with Crippen molar-refractivity contribution in [2.24, 2.45) is 17.1 Å². The number of methoxy groups -OCH3 is 1. The van der Waals surface area contributed by atoms with E-state index in [4.69, 9.17) is 10.5 Å². The smallest absolute Gasteiger partial charge is 0.141 e. The van der Waals surface area contributed by atoms with Gasteiger partial charge in [-0.2, -0.15) is 0 Å². The molecule has 1 aromatic rings. The number of rotatable bonds is 3. The highest BCUT2D eigenvalue weighted by Gasteiger charge is 2.37. The summed E-state index contributed by atoms with van der Waals surface area (Å²) < 4.78 is 19.4. The van der Waals surface area contributed by atoms with Crippen LogP contribution in [0.5, 0.6) is 5.75 Å². The molecule has 0 spiro atoms. The fourth-order valence-corrected chi connectivity index (χ4v) is 3.75. The number of benzene rings is 1. The molecule has 0 aliphatic heterocycles. The Morgan fingerprint density at radius 1 is 1.40 bits per heavy atom. The van der Waals surface area contributed by atoms with Crippen molar-refractivity contribution in [3.63, 3.8) is 0 Å². The Morgan fingerprint density at radius 2 is 2.10 bits per heavy atom. The number of nitrogens with two attached hydrogens (primary N) is 1. The minimum Gasteiger partial charge on any atom is -0.496 e. The highest BCUT2D eigenvalue weighted by Crippen LogP contribution is 2.47. The molecular formula is C16H23BrFNO. The Hall–Kier alpha value is -0.610. The molecule has 1 aromatic carbocycles. The second kappa shape index (κ2) is 6.02. The van der Waals surface area contributed by atoms with Gasteiger partial charge in [-0.1, -0.05) is 26.7 Å². The van der Waals surface area contributed by atoms with Gasteiger partial charge in [0.05, 0.1) is 11.6 Å². The van der Waals surface area contributed by atoms with Crippen molar-refractivity contribution in [1.82, 2.24) is 0 Å². The van der Waals surface area contributed by atoms with Gasteiger partial charge in [-0.05, 0) is 46.2 Å². The molecule has 0 radical (unpaired) electrons. The standard InChI is InChI=1S/C16H23BrFNO/c1-16(2)7-5-4-6-11(16)15(19)10-8-12(17)13(18)9-14(10)20-3/h8-9,11,15H,4-7,19H2,1-3H3. The van der Waals surface area contributed by atoms with E-state index in [-0.39, 0.29) is 17.3 Å². The highest BCUT2D eigenvalue weighted by atomic mass is 79.9. The normalized spacial score (nSPS) is 23.4. The Morgan fingerprint density at radius 3 is 2.70 bits per heavy atom. The molecule has 2 rings (SSSR count). The van der Waals surface area contributed by atoms with Crippen LogP contribution in [-0.4, -0.2) is 7.11 Å². The molecule has 4 heteroatoms. The summed E-state index contributed by atoms with van der Waals surface area (Å²) in [6.45, 7) is 4.56. The summed E-state index contributed by atoms with van der Waals surface area (Å²) in [5.41, 5.74) is 7.62. The van der Waals surface area contributed by atoms with Gasteiger partial charge in [0.25, 0.3) is 0 Å². The summed E-state index contributed by atoms with van der Waals surface area (Å²) in [5, 5.41) is 0. The molecule has 0 heterocycles. The van der Waals surface area contributed by atoms with E-state index >= 15 is 0 Å². The zero-order valence-corrected chi connectivity index (χ0v) is 14.0. The summed E-state index contributed by atoms with van der Waals surface area (Å²) >= 11 is 3.24. The quantitative estimate of drug-likeness (QED) is 0.854. The maximum atomic E-state index is 13.6. The third-order valence-electron chi connectivity index (χ3n) is 4.66. The maximum absolute atomic E-state index is 13.6. The zero-order chi connectivity index (χ0) is 14.9. The van der Waals surface area contributed by atoms with Gasteiger partial charge < -0.3 is 10.5 Å². The Balaban J connectivity index is 2.37. The van der Waals surface area contributed by atoms with E-state index in [2.05, 4.69) is 29.8 Å². The van der Waals surface area contributed by atoms with Crippen molar-refractivity contribution in [3.8, 4) is 5.75 Å². The number of ether oxygens (including phenoxy) is 1. The molecule has 1 aliphatic carbocycles. The van der Waals surface area contributed by atoms with Gasteiger partial charge in [-0.25, -0.2) is 4.39 Å². The van der Waals surface area contributed by atoms with Crippen LogP contribution in [0.4, 0.5) is 4.39 Å². The molecule has 2 atom stereocenters. The first kappa shape index (κ1) is 15.8. The first-order valence-electron chi connectivity index (χ1n) is 7.15. The molecule has 1 saturated carbocycles. The first-order chi connectivity index (χ1) is 9.36. The van der Waals surface area contributed by atoms with Gasteiger partial charge in [0.15, 0.2) is 0 Å². The van der Waals surface area contributed by atoms with Gasteiger partial charge in [-0.3, -0.25) is 0 Å². The van der Waals surface area contributed by atoms with Crippen molar-refractivity contribution in [2.75, 3.05) is 7.11 Å². The van der Waals surface area contributed by atoms with Crippen LogP contribution in [-0.2, 0) is 0 Å². The van der Waals surface area contributed by atoms with Crippen LogP contribution in [0.25, 0.3) is 0 Å². The summed E-state index contributed by atoms with van der Waals surface area (Å²) in [5.74, 6) is 0.614. The van der Waals surface area contributed by atoms with E-state index in [9.17, 15) is 4.39 Å². The van der Waals surface area contributed by atoms with E-state index in [1.807, 2.05) is 0 Å². The summed E-state index contributed by atoms with van der Waals surface area (Å²) in [6.07, 6.45) is 4.79. The lowest BCUT2D eigenvalue weighted by molar-refractivity contribution is 0.111. The highest BCUT2D eigenvalue weighted by molar-refractivity contribution is 9.10. The second-order valence-electron chi connectivity index (χ2n) is 6.37. The molecule has 2 nitrogen and oxygen atoms in total. The Kier molecular flexibility index (Phi) is 4.75. The lowest BCUT2D eigenvalue weighted by atomic mass is 9.65. The molecule has 112 valence electrons. The molecule has 0 amide bonds. The van der Waals surface area contributed by atoms with E-state index in [1.165, 1.54) is 25.3 Å². The van der Waals surface area contributed by atoms with Crippen LogP contribution < -0.4 is 10.5 Å². The lowest BCUT2D eigenvalue weighted by Gasteiger charge is -2.42. The molecular weight excluding hydrogens is 321 g/mol. The molecule has 1 fully saturated rings. The van der Waals surface area contributed by atoms with E-state index in [1.54, 1.807) is 13.2 Å². The first-order valence-corrected chi connectivity index (χ1v) is 7.94. The molecule has 0 bridgehead atoms. The topological polar surface area (TPSA) is 35.2 Å². The van der Waals surface area contributed by atoms with Crippen molar-refractivity contribution < 1.29 is 9.13 Å². The largest absolute Gasteiger partial charge is 0.496 e. The van der Waals surface area contributed by atoms with Gasteiger partial charge in [0.1, 0.15) is 11.6 Å². The number of hydrogen-bond donors (Lipinski definition) is 1. The minimum atomic E-state index is -0.319. The van der Waals surface area contributed by atoms with Gasteiger partial charge in [0.2, 0.25) is 0 Å². The maximum Gasteiger partial charge on any atom is 0.141 e. The third kappa shape index (κ3) is 3.01. The summed E-state index contributed by atoms with van der Waals surface area (Å²) in [6, 6.07) is 3.05. The minimum absolute atomic E-state index is 0.128. The van der Waals surface area contributed by atoms with Crippen molar-refractivity contribution >= 4 is 15.9 Å². The van der Waals surface area contributed by atoms with E-state index in [0.717, 1.165) is 12.0 Å². The van der Waals surface area contributed by atoms with E-state index in [0.29, 0.717) is 16.1 Å². The third-order valence-corrected chi connectivity index (χ3v) is 5.26. The fraction of sp³-hybridized carbons (Fsp3) is 0.625. The summed E-state index contributed by atoms with van der Waals surface area (Å²) in [4.78, 5) is 0. The van der Waals surface area contributed by atoms with Crippen LogP contribution in [0.1, 0.15) is 51.1 Å². The lowest BCUT2D eigenvalue weighted by Crippen LogP contribution is -2.36. The molecule has 2 unspecified atom stereocenters. The number of hydrogen-bond acceptors (Lipinski definition) is 2. The summed E-state index contributed by atoms with van der Waals surface area (Å²) in [7, 11) is 1.56.